The zero-order chi connectivity index (χ0) is 16.8. The fourth-order valence-electron chi connectivity index (χ4n) is 3.59. The first-order valence-corrected chi connectivity index (χ1v) is 8.77. The molecule has 0 bridgehead atoms. The zero-order valence-electron chi connectivity index (χ0n) is 15.2. The second-order valence-electron chi connectivity index (χ2n) is 6.64. The predicted octanol–water partition coefficient (Wildman–Crippen LogP) is 3.01. The monoisotopic (exact) mass is 401 g/mol. The van der Waals surface area contributed by atoms with Crippen molar-refractivity contribution >= 4 is 41.6 Å². The number of amides is 1. The Balaban J connectivity index is 0.00000169. The molecule has 2 aromatic rings. The van der Waals surface area contributed by atoms with Gasteiger partial charge in [0.15, 0.2) is 0 Å². The molecule has 5 nitrogen and oxygen atoms in total. The van der Waals surface area contributed by atoms with Gasteiger partial charge < -0.3 is 19.9 Å². The van der Waals surface area contributed by atoms with Gasteiger partial charge in [-0.2, -0.15) is 0 Å². The minimum absolute atomic E-state index is 0. The Morgan fingerprint density at radius 2 is 1.96 bits per heavy atom. The molecule has 1 aromatic carbocycles. The lowest BCUT2D eigenvalue weighted by molar-refractivity contribution is -0.136. The Hall–Kier alpha value is -1.27. The number of ether oxygens (including phenoxy) is 1. The van der Waals surface area contributed by atoms with Crippen molar-refractivity contribution in [1.29, 1.82) is 0 Å². The number of aryl methyl sites for hydroxylation is 1. The molecule has 1 aliphatic rings. The Bertz CT molecular complexity index is 679. The van der Waals surface area contributed by atoms with Gasteiger partial charge in [0.2, 0.25) is 5.91 Å². The first-order chi connectivity index (χ1) is 11.7. The molecule has 146 valence electrons. The van der Waals surface area contributed by atoms with E-state index < -0.39 is 0 Å². The molecule has 0 spiro atoms. The van der Waals surface area contributed by atoms with Gasteiger partial charge in [-0.25, -0.2) is 0 Å². The van der Waals surface area contributed by atoms with E-state index in [9.17, 15) is 4.79 Å². The number of aromatic nitrogens is 1. The van der Waals surface area contributed by atoms with Crippen LogP contribution in [0.5, 0.6) is 0 Å². The molecule has 3 rings (SSSR count). The molecule has 2 N–H and O–H groups in total. The number of halogens is 2. The number of fused-ring (bicyclic) bond motifs is 1. The maximum absolute atomic E-state index is 12.7. The highest BCUT2D eigenvalue weighted by Crippen LogP contribution is 2.29. The number of nitrogens with zero attached hydrogens (tertiary/aromatic N) is 1. The Kier molecular flexibility index (Phi) is 9.44. The lowest BCUT2D eigenvalue weighted by Crippen LogP contribution is -2.50. The minimum Gasteiger partial charge on any atom is -0.384 e. The number of para-hydroxylation sites is 1. The average molecular weight is 402 g/mol. The van der Waals surface area contributed by atoms with Crippen molar-refractivity contribution in [3.05, 3.63) is 36.5 Å². The van der Waals surface area contributed by atoms with E-state index in [1.54, 1.807) is 7.11 Å². The topological polar surface area (TPSA) is 55.3 Å². The van der Waals surface area contributed by atoms with Gasteiger partial charge in [-0.3, -0.25) is 4.79 Å². The van der Waals surface area contributed by atoms with Crippen LogP contribution in [-0.4, -0.2) is 43.8 Å². The van der Waals surface area contributed by atoms with E-state index in [2.05, 4.69) is 51.7 Å². The molecule has 0 radical (unpaired) electrons. The Labute approximate surface area is 167 Å². The van der Waals surface area contributed by atoms with E-state index in [0.29, 0.717) is 13.2 Å². The number of nitrogens with one attached hydrogen (secondary N) is 2. The summed E-state index contributed by atoms with van der Waals surface area (Å²) in [5.41, 5.74) is 0.887. The van der Waals surface area contributed by atoms with Crippen molar-refractivity contribution in [2.24, 2.45) is 5.41 Å². The summed E-state index contributed by atoms with van der Waals surface area (Å²) in [5.74, 6) is 0.142. The third kappa shape index (κ3) is 5.13. The summed E-state index contributed by atoms with van der Waals surface area (Å²) in [4.78, 5) is 12.7. The lowest BCUT2D eigenvalue weighted by Gasteiger charge is -2.35. The number of hydrogen-bond acceptors (Lipinski definition) is 3. The maximum atomic E-state index is 12.7. The highest BCUT2D eigenvalue weighted by Gasteiger charge is 2.39. The molecule has 0 aliphatic carbocycles. The van der Waals surface area contributed by atoms with Crippen molar-refractivity contribution in [3.63, 3.8) is 0 Å². The molecule has 1 amide bonds. The molecule has 26 heavy (non-hydrogen) atoms. The smallest absolute Gasteiger partial charge is 0.228 e. The number of benzene rings is 1. The maximum Gasteiger partial charge on any atom is 0.228 e. The standard InChI is InChI=1S/C19H27N3O2.2ClH/c1-24-15-19(8-11-20-12-9-19)18(23)21-10-4-13-22-14-7-16-5-2-3-6-17(16)22;;/h2-3,5-7,14,20H,4,8-13,15H2,1H3,(H,21,23);2*1H. The summed E-state index contributed by atoms with van der Waals surface area (Å²) in [6, 6.07) is 10.5. The second-order valence-corrected chi connectivity index (χ2v) is 6.64. The van der Waals surface area contributed by atoms with E-state index in [1.807, 2.05) is 0 Å². The van der Waals surface area contributed by atoms with Crippen LogP contribution in [0, 0.1) is 5.41 Å². The molecule has 0 atom stereocenters. The van der Waals surface area contributed by atoms with E-state index in [0.717, 1.165) is 38.9 Å². The SMILES string of the molecule is COCC1(C(=O)NCCCn2ccc3ccccc32)CCNCC1.Cl.Cl. The van der Waals surface area contributed by atoms with Crippen LogP contribution >= 0.6 is 24.8 Å². The third-order valence-corrected chi connectivity index (χ3v) is 5.00. The number of carbonyl (C=O) groups excluding carboxylic acids is 1. The van der Waals surface area contributed by atoms with Crippen LogP contribution in [0.25, 0.3) is 10.9 Å². The van der Waals surface area contributed by atoms with Crippen molar-refractivity contribution < 1.29 is 9.53 Å². The highest BCUT2D eigenvalue weighted by atomic mass is 35.5. The number of methoxy groups -OCH3 is 1. The Morgan fingerprint density at radius 3 is 2.69 bits per heavy atom. The fraction of sp³-hybridized carbons (Fsp3) is 0.526. The largest absolute Gasteiger partial charge is 0.384 e. The molecule has 7 heteroatoms. The van der Waals surface area contributed by atoms with Crippen LogP contribution in [0.4, 0.5) is 0 Å². The quantitative estimate of drug-likeness (QED) is 0.701. The summed E-state index contributed by atoms with van der Waals surface area (Å²) in [6.07, 6.45) is 4.72. The van der Waals surface area contributed by atoms with Crippen LogP contribution in [0.1, 0.15) is 19.3 Å². The molecular formula is C19H29Cl2N3O2. The van der Waals surface area contributed by atoms with Crippen molar-refractivity contribution in [2.45, 2.75) is 25.8 Å². The summed E-state index contributed by atoms with van der Waals surface area (Å²) < 4.78 is 7.57. The number of piperidine rings is 1. The summed E-state index contributed by atoms with van der Waals surface area (Å²) >= 11 is 0. The van der Waals surface area contributed by atoms with E-state index in [-0.39, 0.29) is 36.1 Å². The predicted molar refractivity (Wildman–Crippen MR) is 110 cm³/mol. The third-order valence-electron chi connectivity index (χ3n) is 5.00. The molecule has 1 aliphatic heterocycles. The number of carbonyl (C=O) groups is 1. The summed E-state index contributed by atoms with van der Waals surface area (Å²) in [6.45, 7) is 3.87. The molecular weight excluding hydrogens is 373 g/mol. The first-order valence-electron chi connectivity index (χ1n) is 8.77. The van der Waals surface area contributed by atoms with Crippen LogP contribution in [0.2, 0.25) is 0 Å². The molecule has 0 saturated carbocycles. The van der Waals surface area contributed by atoms with Gasteiger partial charge in [0.1, 0.15) is 0 Å². The molecule has 0 unspecified atom stereocenters. The molecule has 2 heterocycles. The zero-order valence-corrected chi connectivity index (χ0v) is 16.8. The van der Waals surface area contributed by atoms with Gasteiger partial charge in [0.05, 0.1) is 12.0 Å². The van der Waals surface area contributed by atoms with Crippen LogP contribution in [0.3, 0.4) is 0 Å². The summed E-state index contributed by atoms with van der Waals surface area (Å²) in [7, 11) is 1.67. The second kappa shape index (κ2) is 10.8. The van der Waals surface area contributed by atoms with Gasteiger partial charge in [-0.05, 0) is 49.9 Å². The fourth-order valence-corrected chi connectivity index (χ4v) is 3.59. The van der Waals surface area contributed by atoms with Crippen molar-refractivity contribution in [2.75, 3.05) is 33.4 Å². The lowest BCUT2D eigenvalue weighted by atomic mass is 9.78. The van der Waals surface area contributed by atoms with Gasteiger partial charge in [0, 0.05) is 31.9 Å². The highest BCUT2D eigenvalue weighted by molar-refractivity contribution is 5.85. The van der Waals surface area contributed by atoms with Crippen LogP contribution < -0.4 is 10.6 Å². The normalized spacial score (nSPS) is 15.7. The number of rotatable bonds is 7. The van der Waals surface area contributed by atoms with Crippen LogP contribution in [-0.2, 0) is 16.1 Å². The Morgan fingerprint density at radius 1 is 1.23 bits per heavy atom. The summed E-state index contributed by atoms with van der Waals surface area (Å²) in [5, 5.41) is 7.70. The van der Waals surface area contributed by atoms with Gasteiger partial charge in [-0.15, -0.1) is 24.8 Å². The van der Waals surface area contributed by atoms with Crippen molar-refractivity contribution in [1.82, 2.24) is 15.2 Å². The van der Waals surface area contributed by atoms with E-state index >= 15 is 0 Å². The van der Waals surface area contributed by atoms with Crippen LogP contribution in [0.15, 0.2) is 36.5 Å². The van der Waals surface area contributed by atoms with E-state index in [1.165, 1.54) is 10.9 Å². The number of hydrogen-bond donors (Lipinski definition) is 2. The van der Waals surface area contributed by atoms with Gasteiger partial charge in [-0.1, -0.05) is 18.2 Å². The minimum atomic E-state index is -0.361. The van der Waals surface area contributed by atoms with Gasteiger partial charge in [0.25, 0.3) is 0 Å². The molecule has 1 aromatic heterocycles. The van der Waals surface area contributed by atoms with Gasteiger partial charge >= 0.3 is 0 Å². The van der Waals surface area contributed by atoms with E-state index in [4.69, 9.17) is 4.74 Å². The van der Waals surface area contributed by atoms with Crippen molar-refractivity contribution in [3.8, 4) is 0 Å². The molecule has 1 saturated heterocycles. The first kappa shape index (κ1) is 22.8. The average Bonchev–Trinajstić information content (AvgIpc) is 3.03. The molecule has 1 fully saturated rings.